The van der Waals surface area contributed by atoms with Crippen LogP contribution in [0.15, 0.2) is 42.9 Å². The first kappa shape index (κ1) is 25.3. The van der Waals surface area contributed by atoms with Gasteiger partial charge in [-0.25, -0.2) is 4.98 Å². The molecule has 1 N–H and O–H groups in total. The third kappa shape index (κ3) is 5.78. The lowest BCUT2D eigenvalue weighted by Gasteiger charge is -2.35. The second kappa shape index (κ2) is 11.2. The van der Waals surface area contributed by atoms with Crippen LogP contribution in [0.5, 0.6) is 0 Å². The van der Waals surface area contributed by atoms with Crippen LogP contribution >= 0.6 is 12.4 Å². The minimum absolute atomic E-state index is 0. The number of nitrogens with zero attached hydrogens (tertiary/aromatic N) is 6. The number of aromatic nitrogens is 4. The predicted octanol–water partition coefficient (Wildman–Crippen LogP) is 2.25. The highest BCUT2D eigenvalue weighted by Gasteiger charge is 2.22. The Kier molecular flexibility index (Phi) is 8.36. The van der Waals surface area contributed by atoms with E-state index in [-0.39, 0.29) is 30.6 Å². The van der Waals surface area contributed by atoms with Gasteiger partial charge in [-0.15, -0.1) is 12.4 Å². The highest BCUT2D eigenvalue weighted by molar-refractivity contribution is 5.99. The molecule has 1 aromatic carbocycles. The highest BCUT2D eigenvalue weighted by atomic mass is 35.5. The number of hydrogen-bond acceptors (Lipinski definition) is 7. The zero-order valence-corrected chi connectivity index (χ0v) is 20.5. The molecule has 0 spiro atoms. The number of anilines is 1. The minimum Gasteiger partial charge on any atom is -0.352 e. The van der Waals surface area contributed by atoms with Crippen LogP contribution in [0.1, 0.15) is 28.5 Å². The summed E-state index contributed by atoms with van der Waals surface area (Å²) in [5.74, 6) is 0.503. The summed E-state index contributed by atoms with van der Waals surface area (Å²) >= 11 is 0. The molecule has 0 radical (unpaired) electrons. The van der Waals surface area contributed by atoms with Gasteiger partial charge < -0.3 is 10.2 Å². The largest absolute Gasteiger partial charge is 0.352 e. The van der Waals surface area contributed by atoms with Crippen molar-refractivity contribution in [3.05, 3.63) is 59.7 Å². The summed E-state index contributed by atoms with van der Waals surface area (Å²) in [4.78, 5) is 37.2. The Morgan fingerprint density at radius 1 is 1.03 bits per heavy atom. The Morgan fingerprint density at radius 3 is 2.32 bits per heavy atom. The van der Waals surface area contributed by atoms with E-state index in [2.05, 4.69) is 37.1 Å². The number of ketones is 1. The number of amides is 1. The van der Waals surface area contributed by atoms with Crippen molar-refractivity contribution >= 4 is 29.9 Å². The van der Waals surface area contributed by atoms with Gasteiger partial charge in [0.1, 0.15) is 5.69 Å². The van der Waals surface area contributed by atoms with Crippen LogP contribution in [0.2, 0.25) is 0 Å². The normalized spacial score (nSPS) is 13.9. The summed E-state index contributed by atoms with van der Waals surface area (Å²) in [6.45, 7) is 7.97. The molecule has 0 aliphatic carbocycles. The number of carbonyl (C=O) groups excluding carboxylic acids is 2. The standard InChI is InChI=1S/C24H29N7O2.ClH/c1-17-21(14-28-29(17)3)16-30-10-12-31(13-11-30)24-23(25-8-9-26-24)20-6-4-19(5-7-20)22(33)15-27-18(2)32;/h4-9,14H,10-13,15-16H2,1-3H3,(H,27,32);1H. The summed E-state index contributed by atoms with van der Waals surface area (Å²) in [6, 6.07) is 7.31. The topological polar surface area (TPSA) is 96.2 Å². The number of rotatable bonds is 7. The molecule has 0 saturated carbocycles. The molecule has 1 amide bonds. The summed E-state index contributed by atoms with van der Waals surface area (Å²) < 4.78 is 1.91. The Labute approximate surface area is 205 Å². The van der Waals surface area contributed by atoms with E-state index in [0.29, 0.717) is 5.56 Å². The molecular weight excluding hydrogens is 454 g/mol. The van der Waals surface area contributed by atoms with E-state index in [0.717, 1.165) is 49.8 Å². The van der Waals surface area contributed by atoms with Crippen LogP contribution in [-0.2, 0) is 18.4 Å². The minimum atomic E-state index is -0.222. The van der Waals surface area contributed by atoms with Crippen molar-refractivity contribution in [2.24, 2.45) is 7.05 Å². The van der Waals surface area contributed by atoms with Crippen LogP contribution in [0, 0.1) is 6.92 Å². The lowest BCUT2D eigenvalue weighted by atomic mass is 10.1. The van der Waals surface area contributed by atoms with Crippen molar-refractivity contribution in [3.8, 4) is 11.3 Å². The van der Waals surface area contributed by atoms with Crippen molar-refractivity contribution in [2.75, 3.05) is 37.6 Å². The molecule has 0 atom stereocenters. The van der Waals surface area contributed by atoms with Crippen molar-refractivity contribution in [2.45, 2.75) is 20.4 Å². The first-order chi connectivity index (χ1) is 15.9. The molecule has 10 heteroatoms. The molecule has 34 heavy (non-hydrogen) atoms. The van der Waals surface area contributed by atoms with Crippen LogP contribution < -0.4 is 10.2 Å². The maximum atomic E-state index is 12.2. The van der Waals surface area contributed by atoms with Gasteiger partial charge in [-0.3, -0.25) is 24.2 Å². The molecule has 0 bridgehead atoms. The van der Waals surface area contributed by atoms with Crippen LogP contribution in [0.25, 0.3) is 11.3 Å². The molecule has 180 valence electrons. The Morgan fingerprint density at radius 2 is 1.71 bits per heavy atom. The van der Waals surface area contributed by atoms with Gasteiger partial charge in [0.2, 0.25) is 5.91 Å². The first-order valence-corrected chi connectivity index (χ1v) is 11.1. The van der Waals surface area contributed by atoms with E-state index in [4.69, 9.17) is 0 Å². The fourth-order valence-corrected chi connectivity index (χ4v) is 3.94. The van der Waals surface area contributed by atoms with Crippen molar-refractivity contribution < 1.29 is 9.59 Å². The fraction of sp³-hybridized carbons (Fsp3) is 0.375. The summed E-state index contributed by atoms with van der Waals surface area (Å²) in [6.07, 6.45) is 5.36. The average molecular weight is 484 g/mol. The van der Waals surface area contributed by atoms with Gasteiger partial charge in [0.05, 0.1) is 12.7 Å². The smallest absolute Gasteiger partial charge is 0.217 e. The van der Waals surface area contributed by atoms with Gasteiger partial charge in [-0.1, -0.05) is 24.3 Å². The molecule has 2 aromatic heterocycles. The molecule has 3 aromatic rings. The average Bonchev–Trinajstić information content (AvgIpc) is 3.15. The number of Topliss-reactive ketones (excluding diaryl/α,β-unsaturated/α-hetero) is 1. The van der Waals surface area contributed by atoms with Gasteiger partial charge in [-0.2, -0.15) is 5.10 Å². The SMILES string of the molecule is CC(=O)NCC(=O)c1ccc(-c2nccnc2N2CCN(Cc3cnn(C)c3C)CC2)cc1.Cl. The van der Waals surface area contributed by atoms with E-state index < -0.39 is 0 Å². The number of halogens is 1. The Balaban J connectivity index is 0.00000324. The third-order valence-electron chi connectivity index (χ3n) is 6.06. The zero-order valence-electron chi connectivity index (χ0n) is 19.7. The van der Waals surface area contributed by atoms with Gasteiger partial charge in [0.25, 0.3) is 0 Å². The second-order valence-corrected chi connectivity index (χ2v) is 8.28. The van der Waals surface area contributed by atoms with Gasteiger partial charge in [0.15, 0.2) is 11.6 Å². The Hall–Kier alpha value is -3.30. The van der Waals surface area contributed by atoms with E-state index >= 15 is 0 Å². The number of aryl methyl sites for hydroxylation is 1. The first-order valence-electron chi connectivity index (χ1n) is 11.1. The number of hydrogen-bond donors (Lipinski definition) is 1. The molecule has 1 aliphatic rings. The number of nitrogens with one attached hydrogen (secondary N) is 1. The monoisotopic (exact) mass is 483 g/mol. The van der Waals surface area contributed by atoms with Crippen molar-refractivity contribution in [1.82, 2.24) is 30.0 Å². The maximum Gasteiger partial charge on any atom is 0.217 e. The third-order valence-corrected chi connectivity index (χ3v) is 6.06. The van der Waals surface area contributed by atoms with Gasteiger partial charge >= 0.3 is 0 Å². The van der Waals surface area contributed by atoms with E-state index in [1.54, 1.807) is 24.5 Å². The van der Waals surface area contributed by atoms with Gasteiger partial charge in [0, 0.05) is 81.5 Å². The Bertz CT molecular complexity index is 1140. The number of piperazine rings is 1. The molecule has 1 fully saturated rings. The summed E-state index contributed by atoms with van der Waals surface area (Å²) in [7, 11) is 1.97. The van der Waals surface area contributed by atoms with Gasteiger partial charge in [-0.05, 0) is 6.92 Å². The van der Waals surface area contributed by atoms with Crippen LogP contribution in [-0.4, -0.2) is 69.1 Å². The van der Waals surface area contributed by atoms with Crippen LogP contribution in [0.3, 0.4) is 0 Å². The quantitative estimate of drug-likeness (QED) is 0.515. The fourth-order valence-electron chi connectivity index (χ4n) is 3.94. The van der Waals surface area contributed by atoms with E-state index in [1.165, 1.54) is 18.2 Å². The van der Waals surface area contributed by atoms with Crippen LogP contribution in [0.4, 0.5) is 5.82 Å². The molecule has 4 rings (SSSR count). The molecule has 1 saturated heterocycles. The molecule has 0 unspecified atom stereocenters. The van der Waals surface area contributed by atoms with Crippen molar-refractivity contribution in [1.29, 1.82) is 0 Å². The van der Waals surface area contributed by atoms with E-state index in [9.17, 15) is 9.59 Å². The lowest BCUT2D eigenvalue weighted by Crippen LogP contribution is -2.46. The molecule has 1 aliphatic heterocycles. The van der Waals surface area contributed by atoms with E-state index in [1.807, 2.05) is 30.1 Å². The summed E-state index contributed by atoms with van der Waals surface area (Å²) in [5, 5.41) is 6.89. The number of carbonyl (C=O) groups is 2. The zero-order chi connectivity index (χ0) is 23.4. The summed E-state index contributed by atoms with van der Waals surface area (Å²) in [5.41, 5.74) is 4.72. The lowest BCUT2D eigenvalue weighted by molar-refractivity contribution is -0.118. The van der Waals surface area contributed by atoms with Crippen molar-refractivity contribution in [3.63, 3.8) is 0 Å². The highest BCUT2D eigenvalue weighted by Crippen LogP contribution is 2.28. The predicted molar refractivity (Wildman–Crippen MR) is 133 cm³/mol. The number of benzene rings is 1. The maximum absolute atomic E-state index is 12.2. The second-order valence-electron chi connectivity index (χ2n) is 8.28. The molecule has 9 nitrogen and oxygen atoms in total. The molecule has 3 heterocycles. The molecular formula is C24H30ClN7O2.